The average Bonchev–Trinajstić information content (AvgIpc) is 2.38. The summed E-state index contributed by atoms with van der Waals surface area (Å²) in [6, 6.07) is 4.48. The van der Waals surface area contributed by atoms with Gasteiger partial charge in [-0.2, -0.15) is 0 Å². The third-order valence-electron chi connectivity index (χ3n) is 2.70. The van der Waals surface area contributed by atoms with Crippen molar-refractivity contribution in [1.82, 2.24) is 0 Å². The molecule has 1 amide bonds. The Morgan fingerprint density at radius 3 is 2.89 bits per heavy atom. The minimum Gasteiger partial charge on any atom is -0.506 e. The van der Waals surface area contributed by atoms with E-state index in [2.05, 4.69) is 5.32 Å². The number of anilines is 1. The number of nitrogens with two attached hydrogens (primary N) is 1. The molecule has 0 fully saturated rings. The molecule has 5 heteroatoms. The number of hydrogen-bond donors (Lipinski definition) is 3. The van der Waals surface area contributed by atoms with Crippen LogP contribution in [0, 0.1) is 0 Å². The molecular formula is C13H20N2O3. The van der Waals surface area contributed by atoms with Crippen molar-refractivity contribution in [2.75, 3.05) is 19.0 Å². The molecular weight excluding hydrogens is 232 g/mol. The molecule has 18 heavy (non-hydrogen) atoms. The molecule has 0 aliphatic rings. The van der Waals surface area contributed by atoms with Crippen molar-refractivity contribution in [3.8, 4) is 5.75 Å². The minimum atomic E-state index is -0.644. The first-order valence-electron chi connectivity index (χ1n) is 5.95. The summed E-state index contributed by atoms with van der Waals surface area (Å²) in [5, 5.41) is 12.3. The van der Waals surface area contributed by atoms with E-state index in [0.717, 1.165) is 12.0 Å². The zero-order chi connectivity index (χ0) is 13.5. The molecule has 0 saturated carbocycles. The fourth-order valence-electron chi connectivity index (χ4n) is 1.50. The molecule has 0 aliphatic carbocycles. The number of aryl methyl sites for hydroxylation is 1. The van der Waals surface area contributed by atoms with Crippen LogP contribution in [0.15, 0.2) is 18.2 Å². The monoisotopic (exact) mass is 252 g/mol. The number of nitrogens with one attached hydrogen (secondary N) is 1. The van der Waals surface area contributed by atoms with Gasteiger partial charge < -0.3 is 20.9 Å². The number of hydrogen-bond acceptors (Lipinski definition) is 4. The van der Waals surface area contributed by atoms with Crippen molar-refractivity contribution >= 4 is 11.6 Å². The molecule has 0 aliphatic heterocycles. The van der Waals surface area contributed by atoms with E-state index in [1.165, 1.54) is 0 Å². The molecule has 100 valence electrons. The molecule has 0 saturated heterocycles. The standard InChI is InChI=1S/C13H20N2O3/c1-3-9-4-5-12(16)11(8-9)15-13(17)10(14)6-7-18-2/h4-5,8,10,16H,3,6-7,14H2,1-2H3,(H,15,17). The Morgan fingerprint density at radius 2 is 2.28 bits per heavy atom. The Morgan fingerprint density at radius 1 is 1.56 bits per heavy atom. The van der Waals surface area contributed by atoms with Gasteiger partial charge in [-0.1, -0.05) is 13.0 Å². The van der Waals surface area contributed by atoms with E-state index in [9.17, 15) is 9.90 Å². The van der Waals surface area contributed by atoms with Crippen LogP contribution < -0.4 is 11.1 Å². The quantitative estimate of drug-likeness (QED) is 0.665. The lowest BCUT2D eigenvalue weighted by Gasteiger charge is -2.13. The smallest absolute Gasteiger partial charge is 0.241 e. The molecule has 1 unspecified atom stereocenters. The molecule has 5 nitrogen and oxygen atoms in total. The molecule has 0 bridgehead atoms. The summed E-state index contributed by atoms with van der Waals surface area (Å²) in [7, 11) is 1.56. The number of rotatable bonds is 6. The summed E-state index contributed by atoms with van der Waals surface area (Å²) < 4.78 is 4.86. The molecule has 0 heterocycles. The van der Waals surface area contributed by atoms with Crippen molar-refractivity contribution < 1.29 is 14.6 Å². The Hall–Kier alpha value is -1.59. The van der Waals surface area contributed by atoms with Crippen molar-refractivity contribution in [2.45, 2.75) is 25.8 Å². The zero-order valence-corrected chi connectivity index (χ0v) is 10.8. The van der Waals surface area contributed by atoms with Gasteiger partial charge in [-0.05, 0) is 30.5 Å². The van der Waals surface area contributed by atoms with Gasteiger partial charge in [-0.15, -0.1) is 0 Å². The Balaban J connectivity index is 2.68. The van der Waals surface area contributed by atoms with Crippen LogP contribution in [-0.2, 0) is 16.0 Å². The molecule has 1 aromatic rings. The summed E-state index contributed by atoms with van der Waals surface area (Å²) >= 11 is 0. The number of ether oxygens (including phenoxy) is 1. The molecule has 0 radical (unpaired) electrons. The highest BCUT2D eigenvalue weighted by Crippen LogP contribution is 2.24. The van der Waals surface area contributed by atoms with Gasteiger partial charge >= 0.3 is 0 Å². The number of benzene rings is 1. The maximum atomic E-state index is 11.8. The molecule has 0 spiro atoms. The van der Waals surface area contributed by atoms with Gasteiger partial charge in [0.2, 0.25) is 5.91 Å². The lowest BCUT2D eigenvalue weighted by molar-refractivity contribution is -0.117. The van der Waals surface area contributed by atoms with Crippen molar-refractivity contribution in [1.29, 1.82) is 0 Å². The van der Waals surface area contributed by atoms with Crippen molar-refractivity contribution in [2.24, 2.45) is 5.73 Å². The molecule has 1 atom stereocenters. The van der Waals surface area contributed by atoms with Gasteiger partial charge in [0.05, 0.1) is 11.7 Å². The lowest BCUT2D eigenvalue weighted by Crippen LogP contribution is -2.36. The Kier molecular flexibility index (Phi) is 5.61. The zero-order valence-electron chi connectivity index (χ0n) is 10.8. The van der Waals surface area contributed by atoms with E-state index in [0.29, 0.717) is 18.7 Å². The largest absolute Gasteiger partial charge is 0.506 e. The highest BCUT2D eigenvalue weighted by molar-refractivity contribution is 5.95. The van der Waals surface area contributed by atoms with Gasteiger partial charge in [0.15, 0.2) is 0 Å². The van der Waals surface area contributed by atoms with Gasteiger partial charge in [0, 0.05) is 13.7 Å². The van der Waals surface area contributed by atoms with E-state index in [4.69, 9.17) is 10.5 Å². The molecule has 0 aromatic heterocycles. The first kappa shape index (κ1) is 14.5. The van der Waals surface area contributed by atoms with Crippen LogP contribution in [0.5, 0.6) is 5.75 Å². The normalized spacial score (nSPS) is 12.2. The second-order valence-corrected chi connectivity index (χ2v) is 4.08. The van der Waals surface area contributed by atoms with Crippen LogP contribution in [0.25, 0.3) is 0 Å². The number of phenols is 1. The molecule has 4 N–H and O–H groups in total. The SMILES string of the molecule is CCc1ccc(O)c(NC(=O)C(N)CCOC)c1. The van der Waals surface area contributed by atoms with E-state index < -0.39 is 6.04 Å². The first-order chi connectivity index (χ1) is 8.58. The number of phenolic OH excluding ortho intramolecular Hbond substituents is 1. The third kappa shape index (κ3) is 4.01. The fraction of sp³-hybridized carbons (Fsp3) is 0.462. The highest BCUT2D eigenvalue weighted by Gasteiger charge is 2.14. The number of carbonyl (C=O) groups is 1. The van der Waals surface area contributed by atoms with Gasteiger partial charge in [-0.3, -0.25) is 4.79 Å². The second-order valence-electron chi connectivity index (χ2n) is 4.08. The van der Waals surface area contributed by atoms with E-state index in [1.54, 1.807) is 19.2 Å². The van der Waals surface area contributed by atoms with E-state index >= 15 is 0 Å². The van der Waals surface area contributed by atoms with Crippen molar-refractivity contribution in [3.63, 3.8) is 0 Å². The first-order valence-corrected chi connectivity index (χ1v) is 5.95. The summed E-state index contributed by atoms with van der Waals surface area (Å²) in [5.41, 5.74) is 7.13. The lowest BCUT2D eigenvalue weighted by atomic mass is 10.1. The van der Waals surface area contributed by atoms with Crippen LogP contribution in [0.2, 0.25) is 0 Å². The third-order valence-corrected chi connectivity index (χ3v) is 2.70. The summed E-state index contributed by atoms with van der Waals surface area (Å²) in [4.78, 5) is 11.8. The molecule has 1 aromatic carbocycles. The topological polar surface area (TPSA) is 84.6 Å². The fourth-order valence-corrected chi connectivity index (χ4v) is 1.50. The van der Waals surface area contributed by atoms with Crippen LogP contribution in [0.1, 0.15) is 18.9 Å². The van der Waals surface area contributed by atoms with E-state index in [1.807, 2.05) is 13.0 Å². The summed E-state index contributed by atoms with van der Waals surface area (Å²) in [5.74, 6) is -0.282. The van der Waals surface area contributed by atoms with Crippen LogP contribution in [-0.4, -0.2) is 30.8 Å². The Bertz CT molecular complexity index is 407. The summed E-state index contributed by atoms with van der Waals surface area (Å²) in [6.45, 7) is 2.43. The van der Waals surface area contributed by atoms with Gasteiger partial charge in [0.1, 0.15) is 5.75 Å². The predicted octanol–water partition coefficient (Wildman–Crippen LogP) is 1.26. The molecule has 1 rings (SSSR count). The van der Waals surface area contributed by atoms with E-state index in [-0.39, 0.29) is 11.7 Å². The van der Waals surface area contributed by atoms with Gasteiger partial charge in [-0.25, -0.2) is 0 Å². The number of aromatic hydroxyl groups is 1. The number of methoxy groups -OCH3 is 1. The van der Waals surface area contributed by atoms with Crippen LogP contribution in [0.4, 0.5) is 5.69 Å². The predicted molar refractivity (Wildman–Crippen MR) is 70.6 cm³/mol. The van der Waals surface area contributed by atoms with Crippen LogP contribution in [0.3, 0.4) is 0 Å². The maximum absolute atomic E-state index is 11.8. The van der Waals surface area contributed by atoms with Crippen LogP contribution >= 0.6 is 0 Å². The maximum Gasteiger partial charge on any atom is 0.241 e. The van der Waals surface area contributed by atoms with Gasteiger partial charge in [0.25, 0.3) is 0 Å². The van der Waals surface area contributed by atoms with Crippen molar-refractivity contribution in [3.05, 3.63) is 23.8 Å². The highest BCUT2D eigenvalue weighted by atomic mass is 16.5. The Labute approximate surface area is 107 Å². The average molecular weight is 252 g/mol. The number of carbonyl (C=O) groups excluding carboxylic acids is 1. The minimum absolute atomic E-state index is 0.0412. The number of amides is 1. The second kappa shape index (κ2) is 6.98. The summed E-state index contributed by atoms with van der Waals surface area (Å²) in [6.07, 6.45) is 1.27.